The summed E-state index contributed by atoms with van der Waals surface area (Å²) in [6.45, 7) is 3.96. The first kappa shape index (κ1) is 15.8. The number of hydrazone groups is 1. The smallest absolute Gasteiger partial charge is 0.273 e. The molecule has 2 N–H and O–H groups in total. The van der Waals surface area contributed by atoms with E-state index in [-0.39, 0.29) is 12.0 Å². The molecule has 0 aliphatic carbocycles. The van der Waals surface area contributed by atoms with Gasteiger partial charge in [-0.1, -0.05) is 18.2 Å². The summed E-state index contributed by atoms with van der Waals surface area (Å²) in [5.74, 6) is 0.563. The van der Waals surface area contributed by atoms with Crippen molar-refractivity contribution < 1.29 is 9.53 Å². The molecule has 0 radical (unpaired) electrons. The molecule has 1 amide bonds. The van der Waals surface area contributed by atoms with Gasteiger partial charge in [0, 0.05) is 17.1 Å². The monoisotopic (exact) mass is 321 g/mol. The number of carbonyl (C=O) groups excluding carboxylic acids is 1. The average molecular weight is 321 g/mol. The van der Waals surface area contributed by atoms with E-state index in [0.29, 0.717) is 5.56 Å². The molecule has 0 atom stereocenters. The van der Waals surface area contributed by atoms with Crippen LogP contribution in [0.15, 0.2) is 59.8 Å². The lowest BCUT2D eigenvalue weighted by Gasteiger charge is -2.09. The first-order valence-electron chi connectivity index (χ1n) is 7.80. The number of fused-ring (bicyclic) bond motifs is 1. The summed E-state index contributed by atoms with van der Waals surface area (Å²) in [5, 5.41) is 4.89. The predicted octanol–water partition coefficient (Wildman–Crippen LogP) is 3.72. The molecule has 0 saturated heterocycles. The summed E-state index contributed by atoms with van der Waals surface area (Å²) < 4.78 is 5.58. The van der Waals surface area contributed by atoms with Crippen molar-refractivity contribution in [3.8, 4) is 5.75 Å². The van der Waals surface area contributed by atoms with E-state index in [1.807, 2.05) is 62.4 Å². The van der Waals surface area contributed by atoms with Crippen molar-refractivity contribution in [3.05, 3.63) is 65.9 Å². The minimum Gasteiger partial charge on any atom is -0.491 e. The van der Waals surface area contributed by atoms with Crippen LogP contribution in [0.3, 0.4) is 0 Å². The van der Waals surface area contributed by atoms with Crippen molar-refractivity contribution in [2.75, 3.05) is 0 Å². The van der Waals surface area contributed by atoms with Crippen LogP contribution in [0.4, 0.5) is 0 Å². The van der Waals surface area contributed by atoms with Crippen LogP contribution in [0.25, 0.3) is 10.9 Å². The van der Waals surface area contributed by atoms with Crippen LogP contribution in [0.5, 0.6) is 5.75 Å². The van der Waals surface area contributed by atoms with Gasteiger partial charge in [-0.05, 0) is 49.7 Å². The Morgan fingerprint density at radius 3 is 2.67 bits per heavy atom. The van der Waals surface area contributed by atoms with E-state index < -0.39 is 0 Å². The number of nitrogens with one attached hydrogen (secondary N) is 2. The second-order valence-corrected chi connectivity index (χ2v) is 5.68. The van der Waals surface area contributed by atoms with Gasteiger partial charge in [-0.25, -0.2) is 5.43 Å². The van der Waals surface area contributed by atoms with Crippen LogP contribution in [0, 0.1) is 0 Å². The Morgan fingerprint density at radius 1 is 1.17 bits per heavy atom. The number of aromatic amines is 1. The molecule has 2 aromatic carbocycles. The van der Waals surface area contributed by atoms with Gasteiger partial charge in [0.15, 0.2) is 0 Å². The SMILES string of the molecule is CC(C)Oc1ccc(/C=N/NC(=O)c2c[nH]c3ccccc23)cc1. The molecule has 5 heteroatoms. The van der Waals surface area contributed by atoms with Gasteiger partial charge < -0.3 is 9.72 Å². The number of benzene rings is 2. The number of H-pyrrole nitrogens is 1. The minimum atomic E-state index is -0.247. The van der Waals surface area contributed by atoms with Gasteiger partial charge in [0.05, 0.1) is 17.9 Å². The Balaban J connectivity index is 1.64. The molecule has 0 fully saturated rings. The summed E-state index contributed by atoms with van der Waals surface area (Å²) in [4.78, 5) is 15.3. The molecule has 1 heterocycles. The Bertz CT molecular complexity index is 864. The van der Waals surface area contributed by atoms with E-state index >= 15 is 0 Å². The lowest BCUT2D eigenvalue weighted by molar-refractivity contribution is 0.0957. The molecular weight excluding hydrogens is 302 g/mol. The highest BCUT2D eigenvalue weighted by molar-refractivity contribution is 6.06. The molecule has 122 valence electrons. The summed E-state index contributed by atoms with van der Waals surface area (Å²) in [7, 11) is 0. The zero-order valence-electron chi connectivity index (χ0n) is 13.6. The highest BCUT2D eigenvalue weighted by Gasteiger charge is 2.10. The fourth-order valence-electron chi connectivity index (χ4n) is 2.39. The summed E-state index contributed by atoms with van der Waals surface area (Å²) in [6, 6.07) is 15.2. The maximum absolute atomic E-state index is 12.2. The topological polar surface area (TPSA) is 66.5 Å². The van der Waals surface area contributed by atoms with Gasteiger partial charge >= 0.3 is 0 Å². The first-order valence-corrected chi connectivity index (χ1v) is 7.80. The molecule has 1 aromatic heterocycles. The van der Waals surface area contributed by atoms with E-state index in [4.69, 9.17) is 4.74 Å². The van der Waals surface area contributed by atoms with Crippen LogP contribution < -0.4 is 10.2 Å². The third kappa shape index (κ3) is 3.63. The van der Waals surface area contributed by atoms with Gasteiger partial charge in [0.25, 0.3) is 5.91 Å². The van der Waals surface area contributed by atoms with Gasteiger partial charge in [-0.2, -0.15) is 5.10 Å². The average Bonchev–Trinajstić information content (AvgIpc) is 3.00. The second kappa shape index (κ2) is 7.00. The van der Waals surface area contributed by atoms with Crippen LogP contribution >= 0.6 is 0 Å². The Kier molecular flexibility index (Phi) is 4.61. The highest BCUT2D eigenvalue weighted by atomic mass is 16.5. The number of carbonyl (C=O) groups is 1. The number of para-hydroxylation sites is 1. The van der Waals surface area contributed by atoms with Crippen molar-refractivity contribution in [3.63, 3.8) is 0 Å². The van der Waals surface area contributed by atoms with Gasteiger partial charge in [-0.3, -0.25) is 4.79 Å². The molecular formula is C19H19N3O2. The zero-order chi connectivity index (χ0) is 16.9. The largest absolute Gasteiger partial charge is 0.491 e. The van der Waals surface area contributed by atoms with E-state index in [1.54, 1.807) is 12.4 Å². The molecule has 0 aliphatic rings. The third-order valence-corrected chi connectivity index (χ3v) is 3.47. The van der Waals surface area contributed by atoms with Crippen molar-refractivity contribution in [2.24, 2.45) is 5.10 Å². The number of hydrogen-bond acceptors (Lipinski definition) is 3. The van der Waals surface area contributed by atoms with Crippen LogP contribution in [0.2, 0.25) is 0 Å². The summed E-state index contributed by atoms with van der Waals surface area (Å²) in [6.07, 6.45) is 3.43. The molecule has 5 nitrogen and oxygen atoms in total. The van der Waals surface area contributed by atoms with Crippen LogP contribution in [-0.2, 0) is 0 Å². The lowest BCUT2D eigenvalue weighted by atomic mass is 10.2. The lowest BCUT2D eigenvalue weighted by Crippen LogP contribution is -2.17. The number of amides is 1. The van der Waals surface area contributed by atoms with Crippen LogP contribution in [0.1, 0.15) is 29.8 Å². The number of aromatic nitrogens is 1. The Morgan fingerprint density at radius 2 is 1.92 bits per heavy atom. The maximum atomic E-state index is 12.2. The third-order valence-electron chi connectivity index (χ3n) is 3.47. The fraction of sp³-hybridized carbons (Fsp3) is 0.158. The molecule has 3 rings (SSSR count). The standard InChI is InChI=1S/C19H19N3O2/c1-13(2)24-15-9-7-14(8-10-15)11-21-22-19(23)17-12-20-18-6-4-3-5-16(17)18/h3-13,20H,1-2H3,(H,22,23)/b21-11+. The van der Waals surface area contributed by atoms with Crippen molar-refractivity contribution in [1.29, 1.82) is 0 Å². The van der Waals surface area contributed by atoms with Crippen LogP contribution in [-0.4, -0.2) is 23.2 Å². The van der Waals surface area contributed by atoms with E-state index in [1.165, 1.54) is 0 Å². The molecule has 0 spiro atoms. The van der Waals surface area contributed by atoms with E-state index in [9.17, 15) is 4.79 Å². The minimum absolute atomic E-state index is 0.139. The summed E-state index contributed by atoms with van der Waals surface area (Å²) >= 11 is 0. The Labute approximate surface area is 140 Å². The highest BCUT2D eigenvalue weighted by Crippen LogP contribution is 2.17. The molecule has 3 aromatic rings. The number of ether oxygens (including phenoxy) is 1. The first-order chi connectivity index (χ1) is 11.6. The molecule has 0 unspecified atom stereocenters. The summed E-state index contributed by atoms with van der Waals surface area (Å²) in [5.41, 5.74) is 4.93. The number of rotatable bonds is 5. The second-order valence-electron chi connectivity index (χ2n) is 5.68. The quantitative estimate of drug-likeness (QED) is 0.555. The van der Waals surface area contributed by atoms with Crippen molar-refractivity contribution in [2.45, 2.75) is 20.0 Å². The zero-order valence-corrected chi connectivity index (χ0v) is 13.6. The van der Waals surface area contributed by atoms with Gasteiger partial charge in [0.1, 0.15) is 5.75 Å². The molecule has 0 aliphatic heterocycles. The molecule has 24 heavy (non-hydrogen) atoms. The van der Waals surface area contributed by atoms with E-state index in [0.717, 1.165) is 22.2 Å². The number of hydrogen-bond donors (Lipinski definition) is 2. The molecule has 0 bridgehead atoms. The van der Waals surface area contributed by atoms with Crippen molar-refractivity contribution in [1.82, 2.24) is 10.4 Å². The van der Waals surface area contributed by atoms with Gasteiger partial charge in [-0.15, -0.1) is 0 Å². The molecule has 0 saturated carbocycles. The maximum Gasteiger partial charge on any atom is 0.273 e. The normalized spacial score (nSPS) is 11.3. The van der Waals surface area contributed by atoms with Crippen molar-refractivity contribution >= 4 is 23.0 Å². The Hall–Kier alpha value is -3.08. The van der Waals surface area contributed by atoms with Gasteiger partial charge in [0.2, 0.25) is 0 Å². The predicted molar refractivity (Wildman–Crippen MR) is 95.6 cm³/mol. The number of nitrogens with zero attached hydrogens (tertiary/aromatic N) is 1. The van der Waals surface area contributed by atoms with E-state index in [2.05, 4.69) is 15.5 Å². The fourth-order valence-corrected chi connectivity index (χ4v) is 2.39.